The van der Waals surface area contributed by atoms with Crippen LogP contribution in [0.15, 0.2) is 18.2 Å². The van der Waals surface area contributed by atoms with Gasteiger partial charge in [-0.15, -0.1) is 0 Å². The molecule has 0 saturated carbocycles. The number of carbonyl (C=O) groups is 1. The molecule has 1 atom stereocenters. The Hall–Kier alpha value is -1.66. The summed E-state index contributed by atoms with van der Waals surface area (Å²) < 4.78 is 17.8. The quantitative estimate of drug-likeness (QED) is 0.795. The van der Waals surface area contributed by atoms with E-state index >= 15 is 0 Å². The first-order valence-corrected chi connectivity index (χ1v) is 5.64. The summed E-state index contributed by atoms with van der Waals surface area (Å²) in [5.41, 5.74) is 0.381. The number of aliphatic hydroxyl groups is 2. The molecule has 1 heterocycles. The van der Waals surface area contributed by atoms with Crippen molar-refractivity contribution in [3.05, 3.63) is 35.1 Å². The second-order valence-corrected chi connectivity index (χ2v) is 4.08. The maximum Gasteiger partial charge on any atom is 0.412 e. The molecule has 0 spiro atoms. The van der Waals surface area contributed by atoms with Gasteiger partial charge in [-0.25, -0.2) is 9.18 Å². The fourth-order valence-electron chi connectivity index (χ4n) is 1.68. The molecule has 18 heavy (non-hydrogen) atoms. The smallest absolute Gasteiger partial charge is 0.412 e. The molecule has 1 unspecified atom stereocenters. The number of hydrogen-bond donors (Lipinski definition) is 2. The van der Waals surface area contributed by atoms with Gasteiger partial charge in [0, 0.05) is 18.7 Å². The third kappa shape index (κ3) is 2.60. The predicted molar refractivity (Wildman–Crippen MR) is 60.0 cm³/mol. The lowest BCUT2D eigenvalue weighted by Gasteiger charge is -2.30. The summed E-state index contributed by atoms with van der Waals surface area (Å²) in [5, 5.41) is 18.8. The van der Waals surface area contributed by atoms with Crippen LogP contribution in [-0.4, -0.2) is 34.3 Å². The summed E-state index contributed by atoms with van der Waals surface area (Å²) in [4.78, 5) is 12.9. The Kier molecular flexibility index (Phi) is 3.78. The molecule has 1 aliphatic rings. The Morgan fingerprint density at radius 2 is 2.22 bits per heavy atom. The van der Waals surface area contributed by atoms with Gasteiger partial charge in [0.2, 0.25) is 6.29 Å². The standard InChI is InChI=1S/C12H14FNO4/c13-9-2-3-10(8(6-9)7-15)11(16)18-12(17)14-4-1-5-14/h2-3,6,11,15-16H,1,4-5,7H2. The number of hydrogen-bond acceptors (Lipinski definition) is 4. The first kappa shape index (κ1) is 12.8. The SMILES string of the molecule is O=C(OC(O)c1ccc(F)cc1CO)N1CCC1. The number of aliphatic hydroxyl groups excluding tert-OH is 2. The summed E-state index contributed by atoms with van der Waals surface area (Å²) in [6, 6.07) is 3.51. The van der Waals surface area contributed by atoms with Crippen LogP contribution in [0.3, 0.4) is 0 Å². The minimum absolute atomic E-state index is 0.188. The van der Waals surface area contributed by atoms with Crippen molar-refractivity contribution < 1.29 is 24.1 Å². The molecule has 1 saturated heterocycles. The van der Waals surface area contributed by atoms with Crippen molar-refractivity contribution in [1.82, 2.24) is 4.90 Å². The molecule has 5 nitrogen and oxygen atoms in total. The fraction of sp³-hybridized carbons (Fsp3) is 0.417. The lowest BCUT2D eigenvalue weighted by molar-refractivity contribution is -0.0726. The molecule has 1 aromatic rings. The first-order chi connectivity index (χ1) is 8.61. The van der Waals surface area contributed by atoms with E-state index in [0.29, 0.717) is 13.1 Å². The number of ether oxygens (including phenoxy) is 1. The molecule has 1 aliphatic heterocycles. The van der Waals surface area contributed by atoms with Crippen LogP contribution in [-0.2, 0) is 11.3 Å². The largest absolute Gasteiger partial charge is 0.415 e. The number of likely N-dealkylation sites (tertiary alicyclic amines) is 1. The maximum atomic E-state index is 12.9. The van der Waals surface area contributed by atoms with Crippen LogP contribution < -0.4 is 0 Å². The van der Waals surface area contributed by atoms with Crippen LogP contribution in [0.25, 0.3) is 0 Å². The number of halogens is 1. The lowest BCUT2D eigenvalue weighted by Crippen LogP contribution is -2.42. The number of benzene rings is 1. The van der Waals surface area contributed by atoms with E-state index in [1.165, 1.54) is 11.0 Å². The average Bonchev–Trinajstić information content (AvgIpc) is 2.25. The van der Waals surface area contributed by atoms with E-state index in [4.69, 9.17) is 9.84 Å². The van der Waals surface area contributed by atoms with E-state index in [1.54, 1.807) is 0 Å². The third-order valence-electron chi connectivity index (χ3n) is 2.87. The average molecular weight is 255 g/mol. The summed E-state index contributed by atoms with van der Waals surface area (Å²) in [7, 11) is 0. The molecule has 0 aromatic heterocycles. The zero-order valence-corrected chi connectivity index (χ0v) is 9.67. The Bertz CT molecular complexity index is 448. The van der Waals surface area contributed by atoms with Gasteiger partial charge in [0.05, 0.1) is 6.61 Å². The van der Waals surface area contributed by atoms with Gasteiger partial charge >= 0.3 is 6.09 Å². The van der Waals surface area contributed by atoms with Crippen molar-refractivity contribution in [2.24, 2.45) is 0 Å². The van der Waals surface area contributed by atoms with Gasteiger partial charge in [-0.05, 0) is 30.2 Å². The van der Waals surface area contributed by atoms with Crippen molar-refractivity contribution in [3.8, 4) is 0 Å². The molecule has 0 radical (unpaired) electrons. The number of amides is 1. The number of carbonyl (C=O) groups excluding carboxylic acids is 1. The molecular weight excluding hydrogens is 241 g/mol. The summed E-state index contributed by atoms with van der Waals surface area (Å²) in [5.74, 6) is -0.524. The van der Waals surface area contributed by atoms with Crippen LogP contribution in [0.5, 0.6) is 0 Å². The predicted octanol–water partition coefficient (Wildman–Crippen LogP) is 1.15. The highest BCUT2D eigenvalue weighted by Crippen LogP contribution is 2.22. The monoisotopic (exact) mass is 255 g/mol. The minimum atomic E-state index is -1.50. The normalized spacial score (nSPS) is 16.1. The van der Waals surface area contributed by atoms with Gasteiger partial charge in [-0.2, -0.15) is 0 Å². The van der Waals surface area contributed by atoms with Crippen molar-refractivity contribution in [3.63, 3.8) is 0 Å². The van der Waals surface area contributed by atoms with Crippen LogP contribution in [0.2, 0.25) is 0 Å². The number of nitrogens with zero attached hydrogens (tertiary/aromatic N) is 1. The molecule has 0 bridgehead atoms. The van der Waals surface area contributed by atoms with Gasteiger partial charge in [0.25, 0.3) is 0 Å². The van der Waals surface area contributed by atoms with E-state index in [1.807, 2.05) is 0 Å². The zero-order chi connectivity index (χ0) is 13.1. The van der Waals surface area contributed by atoms with Gasteiger partial charge < -0.3 is 19.8 Å². The first-order valence-electron chi connectivity index (χ1n) is 5.64. The Balaban J connectivity index is 2.07. The molecule has 2 N–H and O–H groups in total. The van der Waals surface area contributed by atoms with Gasteiger partial charge in [-0.1, -0.05) is 0 Å². The highest BCUT2D eigenvalue weighted by Gasteiger charge is 2.25. The highest BCUT2D eigenvalue weighted by molar-refractivity contribution is 5.68. The molecular formula is C12H14FNO4. The molecule has 1 aromatic carbocycles. The van der Waals surface area contributed by atoms with E-state index < -0.39 is 24.8 Å². The van der Waals surface area contributed by atoms with Crippen LogP contribution in [0, 0.1) is 5.82 Å². The Morgan fingerprint density at radius 3 is 2.78 bits per heavy atom. The molecule has 6 heteroatoms. The molecule has 1 amide bonds. The molecule has 98 valence electrons. The van der Waals surface area contributed by atoms with Gasteiger partial charge in [-0.3, -0.25) is 0 Å². The van der Waals surface area contributed by atoms with E-state index in [-0.39, 0.29) is 11.1 Å². The lowest BCUT2D eigenvalue weighted by atomic mass is 10.1. The van der Waals surface area contributed by atoms with Gasteiger partial charge in [0.1, 0.15) is 5.82 Å². The molecule has 1 fully saturated rings. The van der Waals surface area contributed by atoms with E-state index in [0.717, 1.165) is 18.6 Å². The zero-order valence-electron chi connectivity index (χ0n) is 9.67. The second-order valence-electron chi connectivity index (χ2n) is 4.08. The van der Waals surface area contributed by atoms with Crippen molar-refractivity contribution in [2.75, 3.05) is 13.1 Å². The van der Waals surface area contributed by atoms with Crippen molar-refractivity contribution >= 4 is 6.09 Å². The van der Waals surface area contributed by atoms with Crippen LogP contribution in [0.1, 0.15) is 23.8 Å². The summed E-state index contributed by atoms with van der Waals surface area (Å²) in [6.07, 6.45) is -1.19. The highest BCUT2D eigenvalue weighted by atomic mass is 19.1. The van der Waals surface area contributed by atoms with Crippen molar-refractivity contribution in [2.45, 2.75) is 19.3 Å². The number of rotatable bonds is 3. The Labute approximate surface area is 103 Å². The molecule has 2 rings (SSSR count). The molecule has 0 aliphatic carbocycles. The van der Waals surface area contributed by atoms with Crippen molar-refractivity contribution in [1.29, 1.82) is 0 Å². The maximum absolute atomic E-state index is 12.9. The Morgan fingerprint density at radius 1 is 1.50 bits per heavy atom. The summed E-state index contributed by atoms with van der Waals surface area (Å²) >= 11 is 0. The minimum Gasteiger partial charge on any atom is -0.415 e. The van der Waals surface area contributed by atoms with E-state index in [9.17, 15) is 14.3 Å². The summed E-state index contributed by atoms with van der Waals surface area (Å²) in [6.45, 7) is 0.787. The van der Waals surface area contributed by atoms with Crippen LogP contribution >= 0.6 is 0 Å². The van der Waals surface area contributed by atoms with Gasteiger partial charge in [0.15, 0.2) is 0 Å². The van der Waals surface area contributed by atoms with E-state index in [2.05, 4.69) is 0 Å². The fourth-order valence-corrected chi connectivity index (χ4v) is 1.68. The topological polar surface area (TPSA) is 70.0 Å². The second kappa shape index (κ2) is 5.32. The third-order valence-corrected chi connectivity index (χ3v) is 2.87. The van der Waals surface area contributed by atoms with Crippen LogP contribution in [0.4, 0.5) is 9.18 Å².